The van der Waals surface area contributed by atoms with Crippen LogP contribution in [0.2, 0.25) is 0 Å². The van der Waals surface area contributed by atoms with Crippen molar-refractivity contribution in [1.29, 1.82) is 0 Å². The molecule has 0 radical (unpaired) electrons. The van der Waals surface area contributed by atoms with Crippen molar-refractivity contribution in [3.63, 3.8) is 0 Å². The van der Waals surface area contributed by atoms with Gasteiger partial charge in [-0.25, -0.2) is 0 Å². The van der Waals surface area contributed by atoms with Gasteiger partial charge in [-0.2, -0.15) is 0 Å². The number of hydrogen-bond acceptors (Lipinski definition) is 4. The molecule has 8 nitrogen and oxygen atoms in total. The van der Waals surface area contributed by atoms with E-state index in [1.165, 1.54) is 0 Å². The molecule has 0 aliphatic heterocycles. The quantitative estimate of drug-likeness (QED) is 0.232. The molecule has 0 atom stereocenters. The third kappa shape index (κ3) is 4840. The van der Waals surface area contributed by atoms with E-state index in [9.17, 15) is 0 Å². The Bertz CT molecular complexity index is 124. The summed E-state index contributed by atoms with van der Waals surface area (Å²) in [5, 5.41) is 0. The third-order valence-corrected chi connectivity index (χ3v) is 0. The summed E-state index contributed by atoms with van der Waals surface area (Å²) in [6, 6.07) is 0. The number of phosphoric acid groups is 2. The van der Waals surface area contributed by atoms with Gasteiger partial charge in [-0.05, 0) is 0 Å². The average Bonchev–Trinajstić information content (AvgIpc) is 1.12. The van der Waals surface area contributed by atoms with Gasteiger partial charge in [0.05, 0.1) is 0 Å². The zero-order chi connectivity index (χ0) is 9.00. The Morgan fingerprint density at radius 3 is 0.818 bits per heavy atom. The van der Waals surface area contributed by atoms with E-state index in [1.54, 1.807) is 0 Å². The summed E-state index contributed by atoms with van der Waals surface area (Å²) in [5.74, 6) is 0. The maximum Gasteiger partial charge on any atom is 2.00 e. The Hall–Kier alpha value is 0.389. The van der Waals surface area contributed by atoms with Crippen molar-refractivity contribution in [2.75, 3.05) is 0 Å². The van der Waals surface area contributed by atoms with Gasteiger partial charge in [0.1, 0.15) is 0 Å². The van der Waals surface area contributed by atoms with Gasteiger partial charge in [-0.15, -0.1) is 0 Å². The molecular weight excluding hydrogens is 199 g/mol. The second kappa shape index (κ2) is 5.97. The fraction of sp³-hybridized carbons (Fsp3) is 0. The van der Waals surface area contributed by atoms with Gasteiger partial charge in [0.15, 0.2) is 0 Å². The smallest absolute Gasteiger partial charge is 0.756 e. The van der Waals surface area contributed by atoms with Crippen molar-refractivity contribution in [1.82, 2.24) is 0 Å². The molecule has 0 saturated carbocycles. The van der Waals surface area contributed by atoms with E-state index >= 15 is 0 Å². The SMILES string of the molecule is O=P([O-])(O)O.O=P([O-])(O)O.[Be+2]. The van der Waals surface area contributed by atoms with Gasteiger partial charge < -0.3 is 29.4 Å². The van der Waals surface area contributed by atoms with E-state index in [0.29, 0.717) is 0 Å². The van der Waals surface area contributed by atoms with Crippen molar-refractivity contribution < 1.29 is 38.5 Å². The molecule has 0 aromatic rings. The minimum absolute atomic E-state index is 0. The van der Waals surface area contributed by atoms with Crippen LogP contribution < -0.4 is 9.79 Å². The standard InChI is InChI=1S/Be.2H3O4P/c;2*1-5(2,3)4/h;2*(H3,1,2,3,4)/q+2;;/p-2. The number of rotatable bonds is 0. The molecule has 0 aromatic heterocycles. The van der Waals surface area contributed by atoms with Crippen molar-refractivity contribution >= 4 is 25.8 Å². The van der Waals surface area contributed by atoms with Gasteiger partial charge in [-0.1, -0.05) is 0 Å². The minimum atomic E-state index is -4.89. The molecule has 0 amide bonds. The van der Waals surface area contributed by atoms with Crippen molar-refractivity contribution in [3.8, 4) is 0 Å². The van der Waals surface area contributed by atoms with Gasteiger partial charge in [0, 0.05) is 0 Å². The van der Waals surface area contributed by atoms with Gasteiger partial charge >= 0.3 is 10.1 Å². The van der Waals surface area contributed by atoms with E-state index in [1.807, 2.05) is 0 Å². The monoisotopic (exact) mass is 203 g/mol. The summed E-state index contributed by atoms with van der Waals surface area (Å²) < 4.78 is 17.5. The third-order valence-electron chi connectivity index (χ3n) is 0. The van der Waals surface area contributed by atoms with Crippen LogP contribution in [0.5, 0.6) is 0 Å². The molecule has 0 spiro atoms. The molecule has 0 aromatic carbocycles. The first-order valence-corrected chi connectivity index (χ1v) is 4.59. The van der Waals surface area contributed by atoms with Gasteiger partial charge in [-0.3, -0.25) is 9.13 Å². The van der Waals surface area contributed by atoms with Crippen LogP contribution in [0.1, 0.15) is 0 Å². The van der Waals surface area contributed by atoms with Crippen molar-refractivity contribution in [3.05, 3.63) is 0 Å². The number of hydrogen-bond donors (Lipinski definition) is 4. The largest absolute Gasteiger partial charge is 2.00 e. The molecule has 0 heterocycles. The molecule has 0 bridgehead atoms. The Labute approximate surface area is 65.2 Å². The van der Waals surface area contributed by atoms with Crippen molar-refractivity contribution in [2.45, 2.75) is 0 Å². The van der Waals surface area contributed by atoms with Crippen LogP contribution in [0, 0.1) is 0 Å². The normalized spacial score (nSPS) is 10.7. The van der Waals surface area contributed by atoms with Crippen LogP contribution in [-0.4, -0.2) is 29.7 Å². The predicted octanol–water partition coefficient (Wildman–Crippen LogP) is -3.50. The fourth-order valence-corrected chi connectivity index (χ4v) is 0. The van der Waals surface area contributed by atoms with E-state index < -0.39 is 15.6 Å². The van der Waals surface area contributed by atoms with E-state index in [4.69, 9.17) is 38.5 Å². The summed E-state index contributed by atoms with van der Waals surface area (Å²) in [5.41, 5.74) is 0. The molecule has 0 saturated heterocycles. The topological polar surface area (TPSA) is 161 Å². The van der Waals surface area contributed by atoms with Gasteiger partial charge in [0.25, 0.3) is 15.6 Å². The molecule has 0 aliphatic carbocycles. The Kier molecular flexibility index (Phi) is 9.47. The zero-order valence-electron chi connectivity index (χ0n) is 5.02. The molecule has 0 aliphatic rings. The molecule has 11 heavy (non-hydrogen) atoms. The molecule has 0 fully saturated rings. The van der Waals surface area contributed by atoms with E-state index in [0.717, 1.165) is 0 Å². The Morgan fingerprint density at radius 1 is 0.818 bits per heavy atom. The molecule has 64 valence electrons. The van der Waals surface area contributed by atoms with Crippen LogP contribution in [0.4, 0.5) is 0 Å². The van der Waals surface area contributed by atoms with Crippen LogP contribution in [0.15, 0.2) is 0 Å². The summed E-state index contributed by atoms with van der Waals surface area (Å²) in [4.78, 5) is 45.8. The van der Waals surface area contributed by atoms with Crippen LogP contribution >= 0.6 is 15.6 Å². The Morgan fingerprint density at radius 2 is 0.818 bits per heavy atom. The summed E-state index contributed by atoms with van der Waals surface area (Å²) in [6.45, 7) is 0. The first-order valence-electron chi connectivity index (χ1n) is 1.53. The summed E-state index contributed by atoms with van der Waals surface area (Å²) in [6.07, 6.45) is 0. The van der Waals surface area contributed by atoms with E-state index in [2.05, 4.69) is 0 Å². The first-order chi connectivity index (χ1) is 4.00. The molecule has 0 rings (SSSR count). The van der Waals surface area contributed by atoms with Crippen LogP contribution in [0.3, 0.4) is 0 Å². The van der Waals surface area contributed by atoms with Crippen LogP contribution in [-0.2, 0) is 9.13 Å². The second-order valence-electron chi connectivity index (χ2n) is 0.981. The minimum Gasteiger partial charge on any atom is -0.756 e. The zero-order valence-corrected chi connectivity index (χ0v) is 6.81. The molecular formula is H4BeO8P2. The van der Waals surface area contributed by atoms with E-state index in [-0.39, 0.29) is 10.1 Å². The maximum absolute atomic E-state index is 8.77. The summed E-state index contributed by atoms with van der Waals surface area (Å²) >= 11 is 0. The fourth-order valence-electron chi connectivity index (χ4n) is 0. The van der Waals surface area contributed by atoms with Crippen LogP contribution in [0.25, 0.3) is 0 Å². The summed E-state index contributed by atoms with van der Waals surface area (Å²) in [7, 11) is -9.78. The Balaban J connectivity index is -0.000000107. The maximum atomic E-state index is 8.77. The van der Waals surface area contributed by atoms with Crippen molar-refractivity contribution in [2.24, 2.45) is 0 Å². The molecule has 0 unspecified atom stereocenters. The second-order valence-corrected chi connectivity index (χ2v) is 2.94. The van der Waals surface area contributed by atoms with Gasteiger partial charge in [0.2, 0.25) is 0 Å². The predicted molar refractivity (Wildman–Crippen MR) is 29.8 cm³/mol. The molecule has 11 heteroatoms. The molecule has 4 N–H and O–H groups in total. The first kappa shape index (κ1) is 17.5. The average molecular weight is 203 g/mol.